The molecule has 1 saturated heterocycles. The van der Waals surface area contributed by atoms with Gasteiger partial charge < -0.3 is 19.7 Å². The lowest BCUT2D eigenvalue weighted by atomic mass is 9.98. The maximum atomic E-state index is 12.3. The van der Waals surface area contributed by atoms with E-state index in [1.165, 1.54) is 16.7 Å². The van der Waals surface area contributed by atoms with Gasteiger partial charge in [-0.3, -0.25) is 4.79 Å². The lowest BCUT2D eigenvalue weighted by Crippen LogP contribution is -2.48. The summed E-state index contributed by atoms with van der Waals surface area (Å²) in [5.74, 6) is 0.972. The zero-order valence-corrected chi connectivity index (χ0v) is 15.7. The second kappa shape index (κ2) is 8.11. The summed E-state index contributed by atoms with van der Waals surface area (Å²) in [6.07, 6.45) is 1.78. The summed E-state index contributed by atoms with van der Waals surface area (Å²) in [7, 11) is 2.01. The van der Waals surface area contributed by atoms with Gasteiger partial charge in [0.2, 0.25) is 0 Å². The van der Waals surface area contributed by atoms with Crippen LogP contribution in [0.5, 0.6) is 5.75 Å². The summed E-state index contributed by atoms with van der Waals surface area (Å²) in [6, 6.07) is 14.8. The Morgan fingerprint density at radius 3 is 2.78 bits per heavy atom. The summed E-state index contributed by atoms with van der Waals surface area (Å²) < 4.78 is 11.2. The molecule has 2 heterocycles. The number of amides is 1. The summed E-state index contributed by atoms with van der Waals surface area (Å²) in [4.78, 5) is 14.4. The maximum absolute atomic E-state index is 12.3. The monoisotopic (exact) mass is 366 g/mol. The van der Waals surface area contributed by atoms with Gasteiger partial charge in [0, 0.05) is 19.6 Å². The topological polar surface area (TPSA) is 50.8 Å². The molecule has 1 atom stereocenters. The van der Waals surface area contributed by atoms with Gasteiger partial charge in [-0.25, -0.2) is 0 Å². The van der Waals surface area contributed by atoms with Crippen molar-refractivity contribution in [2.45, 2.75) is 25.5 Å². The normalized spacial score (nSPS) is 19.8. The minimum Gasteiger partial charge on any atom is -0.493 e. The molecule has 4 rings (SSSR count). The SMILES string of the molecule is CN1CCOC(C(=O)NCc2ccc(-c3ccc4c(c3)CCCO4)cc2)C1. The van der Waals surface area contributed by atoms with Crippen molar-refractivity contribution in [3.05, 3.63) is 53.6 Å². The van der Waals surface area contributed by atoms with Crippen molar-refractivity contribution in [2.24, 2.45) is 0 Å². The molecule has 0 radical (unpaired) electrons. The molecular formula is C22H26N2O3. The molecule has 2 aliphatic rings. The predicted octanol–water partition coefficient (Wildman–Crippen LogP) is 2.63. The average molecular weight is 366 g/mol. The van der Waals surface area contributed by atoms with Crippen LogP contribution in [0.2, 0.25) is 0 Å². The molecule has 2 aromatic rings. The van der Waals surface area contributed by atoms with E-state index in [1.54, 1.807) is 0 Å². The zero-order valence-electron chi connectivity index (χ0n) is 15.7. The number of likely N-dealkylation sites (N-methyl/N-ethyl adjacent to an activating group) is 1. The molecule has 1 fully saturated rings. The van der Waals surface area contributed by atoms with Crippen LogP contribution in [-0.2, 0) is 22.5 Å². The van der Waals surface area contributed by atoms with Crippen molar-refractivity contribution in [2.75, 3.05) is 33.4 Å². The lowest BCUT2D eigenvalue weighted by Gasteiger charge is -2.29. The fourth-order valence-electron chi connectivity index (χ4n) is 3.59. The number of aryl methyl sites for hydroxylation is 1. The molecule has 142 valence electrons. The first-order valence-corrected chi connectivity index (χ1v) is 9.62. The van der Waals surface area contributed by atoms with E-state index in [4.69, 9.17) is 9.47 Å². The highest BCUT2D eigenvalue weighted by molar-refractivity contribution is 5.81. The summed E-state index contributed by atoms with van der Waals surface area (Å²) in [6.45, 7) is 3.46. The van der Waals surface area contributed by atoms with E-state index in [9.17, 15) is 4.79 Å². The van der Waals surface area contributed by atoms with Crippen LogP contribution in [0.1, 0.15) is 17.5 Å². The van der Waals surface area contributed by atoms with Crippen LogP contribution in [0, 0.1) is 0 Å². The van der Waals surface area contributed by atoms with Gasteiger partial charge in [0.05, 0.1) is 13.2 Å². The second-order valence-electron chi connectivity index (χ2n) is 7.31. The molecule has 0 spiro atoms. The number of morpholine rings is 1. The van der Waals surface area contributed by atoms with Crippen LogP contribution in [0.15, 0.2) is 42.5 Å². The molecule has 2 aliphatic heterocycles. The number of carbonyl (C=O) groups is 1. The van der Waals surface area contributed by atoms with Gasteiger partial charge in [-0.1, -0.05) is 30.3 Å². The third kappa shape index (κ3) is 4.31. The van der Waals surface area contributed by atoms with E-state index < -0.39 is 0 Å². The van der Waals surface area contributed by atoms with Crippen LogP contribution < -0.4 is 10.1 Å². The van der Waals surface area contributed by atoms with Gasteiger partial charge in [-0.2, -0.15) is 0 Å². The molecule has 1 N–H and O–H groups in total. The number of fused-ring (bicyclic) bond motifs is 1. The lowest BCUT2D eigenvalue weighted by molar-refractivity contribution is -0.137. The van der Waals surface area contributed by atoms with E-state index in [0.29, 0.717) is 19.7 Å². The van der Waals surface area contributed by atoms with Crippen LogP contribution in [-0.4, -0.2) is 50.3 Å². The minimum absolute atomic E-state index is 0.0414. The van der Waals surface area contributed by atoms with Crippen molar-refractivity contribution in [1.82, 2.24) is 10.2 Å². The number of nitrogens with one attached hydrogen (secondary N) is 1. The van der Waals surface area contributed by atoms with E-state index in [-0.39, 0.29) is 12.0 Å². The molecule has 5 nitrogen and oxygen atoms in total. The van der Waals surface area contributed by atoms with Gasteiger partial charge in [-0.05, 0) is 54.3 Å². The minimum atomic E-state index is -0.374. The van der Waals surface area contributed by atoms with Crippen molar-refractivity contribution >= 4 is 5.91 Å². The molecule has 5 heteroatoms. The second-order valence-corrected chi connectivity index (χ2v) is 7.31. The van der Waals surface area contributed by atoms with Gasteiger partial charge in [-0.15, -0.1) is 0 Å². The fraction of sp³-hybridized carbons (Fsp3) is 0.409. The Kier molecular flexibility index (Phi) is 5.41. The molecule has 1 unspecified atom stereocenters. The first-order valence-electron chi connectivity index (χ1n) is 9.62. The summed E-state index contributed by atoms with van der Waals surface area (Å²) >= 11 is 0. The van der Waals surface area contributed by atoms with Gasteiger partial charge in [0.1, 0.15) is 11.9 Å². The van der Waals surface area contributed by atoms with E-state index in [0.717, 1.165) is 37.3 Å². The van der Waals surface area contributed by atoms with Crippen LogP contribution in [0.3, 0.4) is 0 Å². The Labute approximate surface area is 160 Å². The molecular weight excluding hydrogens is 340 g/mol. The Morgan fingerprint density at radius 1 is 1.15 bits per heavy atom. The summed E-state index contributed by atoms with van der Waals surface area (Å²) in [5, 5.41) is 2.98. The number of rotatable bonds is 4. The zero-order chi connectivity index (χ0) is 18.6. The van der Waals surface area contributed by atoms with Crippen LogP contribution >= 0.6 is 0 Å². The predicted molar refractivity (Wildman–Crippen MR) is 105 cm³/mol. The van der Waals surface area contributed by atoms with Crippen molar-refractivity contribution < 1.29 is 14.3 Å². The number of benzene rings is 2. The number of carbonyl (C=O) groups excluding carboxylic acids is 1. The highest BCUT2D eigenvalue weighted by Crippen LogP contribution is 2.30. The van der Waals surface area contributed by atoms with Crippen LogP contribution in [0.4, 0.5) is 0 Å². The van der Waals surface area contributed by atoms with Crippen LogP contribution in [0.25, 0.3) is 11.1 Å². The number of ether oxygens (including phenoxy) is 2. The number of hydrogen-bond acceptors (Lipinski definition) is 4. The van der Waals surface area contributed by atoms with Crippen molar-refractivity contribution in [1.29, 1.82) is 0 Å². The summed E-state index contributed by atoms with van der Waals surface area (Å²) in [5.41, 5.74) is 4.74. The molecule has 0 saturated carbocycles. The molecule has 27 heavy (non-hydrogen) atoms. The Hall–Kier alpha value is -2.37. The molecule has 0 bridgehead atoms. The maximum Gasteiger partial charge on any atom is 0.250 e. The smallest absolute Gasteiger partial charge is 0.250 e. The number of hydrogen-bond donors (Lipinski definition) is 1. The van der Waals surface area contributed by atoms with Crippen molar-refractivity contribution in [3.8, 4) is 16.9 Å². The molecule has 0 aliphatic carbocycles. The van der Waals surface area contributed by atoms with Gasteiger partial charge in [0.15, 0.2) is 0 Å². The third-order valence-electron chi connectivity index (χ3n) is 5.22. The highest BCUT2D eigenvalue weighted by Gasteiger charge is 2.24. The van der Waals surface area contributed by atoms with E-state index in [2.05, 4.69) is 52.7 Å². The third-order valence-corrected chi connectivity index (χ3v) is 5.22. The quantitative estimate of drug-likeness (QED) is 0.904. The molecule has 0 aromatic heterocycles. The molecule has 1 amide bonds. The Balaban J connectivity index is 1.37. The average Bonchev–Trinajstić information content (AvgIpc) is 2.72. The molecule has 2 aromatic carbocycles. The van der Waals surface area contributed by atoms with E-state index in [1.807, 2.05) is 7.05 Å². The van der Waals surface area contributed by atoms with E-state index >= 15 is 0 Å². The van der Waals surface area contributed by atoms with Gasteiger partial charge >= 0.3 is 0 Å². The highest BCUT2D eigenvalue weighted by atomic mass is 16.5. The largest absolute Gasteiger partial charge is 0.493 e. The Morgan fingerprint density at radius 2 is 1.96 bits per heavy atom. The number of nitrogens with zero attached hydrogens (tertiary/aromatic N) is 1. The first-order chi connectivity index (χ1) is 13.2. The Bertz CT molecular complexity index is 804. The standard InChI is InChI=1S/C22H26N2O3/c1-24-10-12-27-21(15-24)22(25)23-14-16-4-6-17(7-5-16)18-8-9-20-19(13-18)3-2-11-26-20/h4-9,13,21H,2-3,10-12,14-15H2,1H3,(H,23,25). The van der Waals surface area contributed by atoms with Gasteiger partial charge in [0.25, 0.3) is 5.91 Å². The van der Waals surface area contributed by atoms with Crippen molar-refractivity contribution in [3.63, 3.8) is 0 Å². The fourth-order valence-corrected chi connectivity index (χ4v) is 3.59. The first kappa shape index (κ1) is 18.0.